The summed E-state index contributed by atoms with van der Waals surface area (Å²) >= 11 is 0. The van der Waals surface area contributed by atoms with Crippen LogP contribution in [-0.4, -0.2) is 45.1 Å². The number of hydrogen-bond acceptors (Lipinski definition) is 5. The van der Waals surface area contributed by atoms with Crippen molar-refractivity contribution < 1.29 is 23.8 Å². The van der Waals surface area contributed by atoms with Gasteiger partial charge < -0.3 is 29.7 Å². The van der Waals surface area contributed by atoms with E-state index in [2.05, 4.69) is 10.6 Å². The van der Waals surface area contributed by atoms with Crippen molar-refractivity contribution in [2.75, 3.05) is 37.1 Å². The van der Waals surface area contributed by atoms with Crippen molar-refractivity contribution >= 4 is 23.3 Å². The molecule has 0 saturated carbocycles. The molecule has 160 valence electrons. The van der Waals surface area contributed by atoms with Crippen molar-refractivity contribution in [2.45, 2.75) is 26.2 Å². The number of carbonyl (C=O) groups is 2. The summed E-state index contributed by atoms with van der Waals surface area (Å²) in [6, 6.07) is 13.1. The van der Waals surface area contributed by atoms with Crippen LogP contribution in [0.2, 0.25) is 0 Å². The Balaban J connectivity index is 1.73. The van der Waals surface area contributed by atoms with Crippen molar-refractivity contribution in [1.29, 1.82) is 0 Å². The van der Waals surface area contributed by atoms with Crippen molar-refractivity contribution in [3.05, 3.63) is 54.1 Å². The Morgan fingerprint density at radius 2 is 1.73 bits per heavy atom. The topological polar surface area (TPSA) is 89.1 Å². The molecule has 1 unspecified atom stereocenters. The molecule has 0 radical (unpaired) electrons. The smallest absolute Gasteiger partial charge is 0.320 e. The number of fused-ring (bicyclic) bond motifs is 1. The quantitative estimate of drug-likeness (QED) is 0.616. The molecular weight excluding hydrogens is 386 g/mol. The molecule has 0 saturated heterocycles. The summed E-state index contributed by atoms with van der Waals surface area (Å²) in [5, 5.41) is 5.52. The second-order valence-electron chi connectivity index (χ2n) is 6.61. The molecule has 2 aromatic carbocycles. The zero-order chi connectivity index (χ0) is 21.5. The fourth-order valence-electron chi connectivity index (χ4n) is 3.36. The Morgan fingerprint density at radius 3 is 2.37 bits per heavy atom. The van der Waals surface area contributed by atoms with Crippen molar-refractivity contribution in [3.8, 4) is 5.75 Å². The first-order valence-corrected chi connectivity index (χ1v) is 9.92. The van der Waals surface area contributed by atoms with Gasteiger partial charge in [-0.25, -0.2) is 4.79 Å². The van der Waals surface area contributed by atoms with Crippen LogP contribution in [0.3, 0.4) is 0 Å². The van der Waals surface area contributed by atoms with Crippen LogP contribution in [0.5, 0.6) is 5.75 Å². The van der Waals surface area contributed by atoms with Gasteiger partial charge in [0.15, 0.2) is 6.29 Å². The van der Waals surface area contributed by atoms with E-state index in [0.29, 0.717) is 24.7 Å². The lowest BCUT2D eigenvalue weighted by Crippen LogP contribution is -2.43. The fraction of sp³-hybridized carbons (Fsp3) is 0.364. The second-order valence-corrected chi connectivity index (χ2v) is 6.61. The molecule has 3 amide bonds. The molecular formula is C22H27N3O5. The van der Waals surface area contributed by atoms with Crippen molar-refractivity contribution in [1.82, 2.24) is 5.32 Å². The molecule has 2 aromatic rings. The van der Waals surface area contributed by atoms with Gasteiger partial charge in [0.1, 0.15) is 11.8 Å². The number of amides is 3. The van der Waals surface area contributed by atoms with Crippen LogP contribution in [0.1, 0.15) is 25.5 Å². The molecule has 1 atom stereocenters. The molecule has 0 bridgehead atoms. The first-order valence-electron chi connectivity index (χ1n) is 9.92. The van der Waals surface area contributed by atoms with Gasteiger partial charge in [0, 0.05) is 30.2 Å². The molecule has 1 heterocycles. The van der Waals surface area contributed by atoms with Gasteiger partial charge in [-0.05, 0) is 44.2 Å². The Bertz CT molecular complexity index is 865. The highest BCUT2D eigenvalue weighted by Gasteiger charge is 2.39. The Hall–Kier alpha value is -3.10. The predicted octanol–water partition coefficient (Wildman–Crippen LogP) is 3.30. The largest absolute Gasteiger partial charge is 0.497 e. The number of carbonyl (C=O) groups excluding carboxylic acids is 2. The SMILES string of the molecule is CCOC(CN1C(=O)C(NC(=O)Nc2ccc(OC)cc2)c2ccccc21)OCC. The maximum atomic E-state index is 13.1. The molecule has 0 aromatic heterocycles. The number of nitrogens with zero attached hydrogens (tertiary/aromatic N) is 1. The zero-order valence-electron chi connectivity index (χ0n) is 17.4. The summed E-state index contributed by atoms with van der Waals surface area (Å²) in [4.78, 5) is 27.3. The third-order valence-electron chi connectivity index (χ3n) is 4.71. The molecule has 1 aliphatic rings. The standard InChI is InChI=1S/C22H27N3O5/c1-4-29-19(30-5-2)14-25-18-9-7-6-8-17(18)20(21(25)26)24-22(27)23-15-10-12-16(28-3)13-11-15/h6-13,19-20H,4-5,14H2,1-3H3,(H2,23,24,27). The molecule has 8 heteroatoms. The normalized spacial score (nSPS) is 15.3. The van der Waals surface area contributed by atoms with Crippen LogP contribution in [-0.2, 0) is 14.3 Å². The zero-order valence-corrected chi connectivity index (χ0v) is 17.4. The number of methoxy groups -OCH3 is 1. The van der Waals surface area contributed by atoms with Crippen molar-refractivity contribution in [2.24, 2.45) is 0 Å². The molecule has 30 heavy (non-hydrogen) atoms. The minimum absolute atomic E-state index is 0.231. The van der Waals surface area contributed by atoms with Crippen LogP contribution in [0.15, 0.2) is 48.5 Å². The first-order chi connectivity index (χ1) is 14.6. The third-order valence-corrected chi connectivity index (χ3v) is 4.71. The maximum Gasteiger partial charge on any atom is 0.320 e. The van der Waals surface area contributed by atoms with Gasteiger partial charge in [0.25, 0.3) is 5.91 Å². The van der Waals surface area contributed by atoms with E-state index in [-0.39, 0.29) is 12.5 Å². The molecule has 2 N–H and O–H groups in total. The molecule has 8 nitrogen and oxygen atoms in total. The van der Waals surface area contributed by atoms with E-state index in [4.69, 9.17) is 14.2 Å². The number of ether oxygens (including phenoxy) is 3. The van der Waals surface area contributed by atoms with Crippen LogP contribution in [0, 0.1) is 0 Å². The lowest BCUT2D eigenvalue weighted by Gasteiger charge is -2.24. The first kappa shape index (κ1) is 21.6. The van der Waals surface area contributed by atoms with Gasteiger partial charge in [-0.3, -0.25) is 4.79 Å². The predicted molar refractivity (Wildman–Crippen MR) is 114 cm³/mol. The highest BCUT2D eigenvalue weighted by atomic mass is 16.7. The van der Waals surface area contributed by atoms with Gasteiger partial charge in [-0.1, -0.05) is 18.2 Å². The third kappa shape index (κ3) is 4.90. The van der Waals surface area contributed by atoms with Gasteiger partial charge in [-0.2, -0.15) is 0 Å². The van der Waals surface area contributed by atoms with Gasteiger partial charge >= 0.3 is 6.03 Å². The average molecular weight is 413 g/mol. The van der Waals surface area contributed by atoms with Crippen LogP contribution in [0.4, 0.5) is 16.2 Å². The Kier molecular flexibility index (Phi) is 7.26. The number of urea groups is 1. The van der Waals surface area contributed by atoms with E-state index in [9.17, 15) is 9.59 Å². The number of anilines is 2. The minimum Gasteiger partial charge on any atom is -0.497 e. The summed E-state index contributed by atoms with van der Waals surface area (Å²) in [7, 11) is 1.58. The summed E-state index contributed by atoms with van der Waals surface area (Å²) in [6.45, 7) is 4.94. The van der Waals surface area contributed by atoms with Gasteiger partial charge in [0.05, 0.1) is 13.7 Å². The number of benzene rings is 2. The van der Waals surface area contributed by atoms with E-state index in [1.165, 1.54) is 0 Å². The monoisotopic (exact) mass is 413 g/mol. The van der Waals surface area contributed by atoms with Crippen LogP contribution >= 0.6 is 0 Å². The molecule has 1 aliphatic heterocycles. The molecule has 0 fully saturated rings. The highest BCUT2D eigenvalue weighted by Crippen LogP contribution is 2.36. The number of nitrogens with one attached hydrogen (secondary N) is 2. The van der Waals surface area contributed by atoms with Crippen molar-refractivity contribution in [3.63, 3.8) is 0 Å². The van der Waals surface area contributed by atoms with E-state index in [1.807, 2.05) is 38.1 Å². The van der Waals surface area contributed by atoms with Gasteiger partial charge in [0.2, 0.25) is 0 Å². The minimum atomic E-state index is -0.789. The average Bonchev–Trinajstić information content (AvgIpc) is 3.00. The summed E-state index contributed by atoms with van der Waals surface area (Å²) < 4.78 is 16.3. The molecule has 0 spiro atoms. The summed E-state index contributed by atoms with van der Waals surface area (Å²) in [6.07, 6.45) is -0.538. The fourth-order valence-corrected chi connectivity index (χ4v) is 3.36. The highest BCUT2D eigenvalue weighted by molar-refractivity contribution is 6.07. The summed E-state index contributed by atoms with van der Waals surface area (Å²) in [5.41, 5.74) is 2.07. The molecule has 3 rings (SSSR count). The lowest BCUT2D eigenvalue weighted by atomic mass is 10.1. The van der Waals surface area contributed by atoms with Crippen LogP contribution < -0.4 is 20.3 Å². The van der Waals surface area contributed by atoms with E-state index in [0.717, 1.165) is 11.3 Å². The molecule has 0 aliphatic carbocycles. The number of hydrogen-bond donors (Lipinski definition) is 2. The van der Waals surface area contributed by atoms with Crippen LogP contribution in [0.25, 0.3) is 0 Å². The Labute approximate surface area is 176 Å². The number of para-hydroxylation sites is 1. The van der Waals surface area contributed by atoms with E-state index < -0.39 is 18.4 Å². The van der Waals surface area contributed by atoms with E-state index in [1.54, 1.807) is 36.3 Å². The number of rotatable bonds is 9. The lowest BCUT2D eigenvalue weighted by molar-refractivity contribution is -0.135. The Morgan fingerprint density at radius 1 is 1.07 bits per heavy atom. The second kappa shape index (κ2) is 10.1. The summed E-state index contributed by atoms with van der Waals surface area (Å²) in [5.74, 6) is 0.458. The van der Waals surface area contributed by atoms with Gasteiger partial charge in [-0.15, -0.1) is 0 Å². The maximum absolute atomic E-state index is 13.1. The van der Waals surface area contributed by atoms with E-state index >= 15 is 0 Å².